The summed E-state index contributed by atoms with van der Waals surface area (Å²) in [6.07, 6.45) is 0. The van der Waals surface area contributed by atoms with Gasteiger partial charge in [-0.15, -0.1) is 0 Å². The van der Waals surface area contributed by atoms with Crippen LogP contribution in [-0.4, -0.2) is 0 Å². The van der Waals surface area contributed by atoms with Gasteiger partial charge in [0.25, 0.3) is 0 Å². The molecule has 0 N–H and O–H groups in total. The molecule has 2 heteroatoms. The summed E-state index contributed by atoms with van der Waals surface area (Å²) in [6.45, 7) is 0. The number of anilines is 3. The summed E-state index contributed by atoms with van der Waals surface area (Å²) in [7, 11) is 0. The van der Waals surface area contributed by atoms with Gasteiger partial charge in [-0.05, 0) is 92.2 Å². The largest absolute Gasteiger partial charge is 0.456 e. The minimum atomic E-state index is 0.913. The van der Waals surface area contributed by atoms with Crippen LogP contribution in [0, 0.1) is 0 Å². The first-order valence-corrected chi connectivity index (χ1v) is 17.1. The standard InChI is InChI=1S/C48H31NO/c1-3-13-32(14-4-1)33-23-25-35(26-24-33)49(44-21-11-9-17-37(44)34-15-5-2-6-16-34)36-27-28-39-38-18-7-8-19-40(38)47-41(43(39)31-36)29-30-46-48(47)42-20-10-12-22-45(42)50-46/h1-31H. The van der Waals surface area contributed by atoms with Crippen LogP contribution in [0.15, 0.2) is 192 Å². The van der Waals surface area contributed by atoms with Crippen molar-refractivity contribution in [1.82, 2.24) is 0 Å². The van der Waals surface area contributed by atoms with Gasteiger partial charge < -0.3 is 9.32 Å². The first-order valence-electron chi connectivity index (χ1n) is 17.1. The maximum atomic E-state index is 6.39. The lowest BCUT2D eigenvalue weighted by molar-refractivity contribution is 0.669. The van der Waals surface area contributed by atoms with Crippen molar-refractivity contribution in [2.24, 2.45) is 0 Å². The molecule has 0 bridgehead atoms. The van der Waals surface area contributed by atoms with E-state index >= 15 is 0 Å². The lowest BCUT2D eigenvalue weighted by atomic mass is 9.91. The lowest BCUT2D eigenvalue weighted by Crippen LogP contribution is -2.11. The fourth-order valence-electron chi connectivity index (χ4n) is 7.78. The smallest absolute Gasteiger partial charge is 0.136 e. The molecule has 0 spiro atoms. The van der Waals surface area contributed by atoms with E-state index in [0.717, 1.165) is 33.6 Å². The van der Waals surface area contributed by atoms with Gasteiger partial charge >= 0.3 is 0 Å². The van der Waals surface area contributed by atoms with Gasteiger partial charge in [0.15, 0.2) is 0 Å². The summed E-state index contributed by atoms with van der Waals surface area (Å²) in [4.78, 5) is 2.41. The molecule has 0 radical (unpaired) electrons. The number of para-hydroxylation sites is 2. The van der Waals surface area contributed by atoms with E-state index in [-0.39, 0.29) is 0 Å². The van der Waals surface area contributed by atoms with Gasteiger partial charge in [0, 0.05) is 33.1 Å². The molecule has 0 aliphatic heterocycles. The molecule has 0 amide bonds. The van der Waals surface area contributed by atoms with E-state index in [1.807, 2.05) is 6.07 Å². The van der Waals surface area contributed by atoms with Crippen LogP contribution in [0.5, 0.6) is 0 Å². The van der Waals surface area contributed by atoms with Crippen molar-refractivity contribution in [2.75, 3.05) is 4.90 Å². The monoisotopic (exact) mass is 637 g/mol. The van der Waals surface area contributed by atoms with Crippen molar-refractivity contribution in [1.29, 1.82) is 0 Å². The average molecular weight is 638 g/mol. The van der Waals surface area contributed by atoms with Crippen LogP contribution in [0.3, 0.4) is 0 Å². The fourth-order valence-corrected chi connectivity index (χ4v) is 7.78. The van der Waals surface area contributed by atoms with Crippen LogP contribution in [0.25, 0.3) is 76.5 Å². The molecule has 0 atom stereocenters. The van der Waals surface area contributed by atoms with Crippen LogP contribution in [0.4, 0.5) is 17.1 Å². The minimum Gasteiger partial charge on any atom is -0.456 e. The van der Waals surface area contributed by atoms with E-state index < -0.39 is 0 Å². The quantitative estimate of drug-likeness (QED) is 0.175. The highest BCUT2D eigenvalue weighted by molar-refractivity contribution is 6.34. The van der Waals surface area contributed by atoms with Crippen LogP contribution < -0.4 is 4.90 Å². The van der Waals surface area contributed by atoms with Crippen LogP contribution in [-0.2, 0) is 0 Å². The third kappa shape index (κ3) is 4.50. The van der Waals surface area contributed by atoms with Crippen molar-refractivity contribution < 1.29 is 4.42 Å². The van der Waals surface area contributed by atoms with Crippen LogP contribution in [0.2, 0.25) is 0 Å². The molecule has 10 aromatic rings. The Morgan fingerprint density at radius 2 is 0.880 bits per heavy atom. The number of nitrogens with zero attached hydrogens (tertiary/aromatic N) is 1. The van der Waals surface area contributed by atoms with Gasteiger partial charge in [-0.1, -0.05) is 140 Å². The Morgan fingerprint density at radius 1 is 0.320 bits per heavy atom. The van der Waals surface area contributed by atoms with E-state index in [1.54, 1.807) is 0 Å². The Kier molecular flexibility index (Phi) is 6.53. The van der Waals surface area contributed by atoms with Gasteiger partial charge in [0.1, 0.15) is 11.2 Å². The Labute approximate surface area is 290 Å². The Balaban J connectivity index is 1.26. The minimum absolute atomic E-state index is 0.913. The molecule has 1 heterocycles. The summed E-state index contributed by atoms with van der Waals surface area (Å²) in [5.41, 5.74) is 9.90. The average Bonchev–Trinajstić information content (AvgIpc) is 3.58. The fraction of sp³-hybridized carbons (Fsp3) is 0. The molecule has 0 saturated carbocycles. The van der Waals surface area contributed by atoms with Gasteiger partial charge in [-0.3, -0.25) is 0 Å². The maximum absolute atomic E-state index is 6.39. The number of rotatable bonds is 5. The van der Waals surface area contributed by atoms with Gasteiger partial charge in [0.05, 0.1) is 5.69 Å². The summed E-state index contributed by atoms with van der Waals surface area (Å²) in [6, 6.07) is 67.4. The van der Waals surface area contributed by atoms with Gasteiger partial charge in [0.2, 0.25) is 0 Å². The van der Waals surface area contributed by atoms with E-state index in [2.05, 4.69) is 187 Å². The topological polar surface area (TPSA) is 16.4 Å². The molecule has 0 aliphatic carbocycles. The second-order valence-corrected chi connectivity index (χ2v) is 12.9. The van der Waals surface area contributed by atoms with Gasteiger partial charge in [-0.2, -0.15) is 0 Å². The zero-order chi connectivity index (χ0) is 33.0. The third-order valence-electron chi connectivity index (χ3n) is 10.0. The molecule has 9 aromatic carbocycles. The molecule has 0 aliphatic rings. The predicted molar refractivity (Wildman–Crippen MR) is 212 cm³/mol. The Bertz CT molecular complexity index is 2850. The molecular formula is C48H31NO. The second-order valence-electron chi connectivity index (χ2n) is 12.9. The van der Waals surface area contributed by atoms with E-state index in [4.69, 9.17) is 4.42 Å². The summed E-state index contributed by atoms with van der Waals surface area (Å²) < 4.78 is 6.39. The molecule has 234 valence electrons. The molecular weight excluding hydrogens is 607 g/mol. The number of benzene rings is 9. The normalized spacial score (nSPS) is 11.6. The second kappa shape index (κ2) is 11.5. The first-order chi connectivity index (χ1) is 24.8. The van der Waals surface area contributed by atoms with Crippen molar-refractivity contribution in [3.63, 3.8) is 0 Å². The van der Waals surface area contributed by atoms with Crippen LogP contribution >= 0.6 is 0 Å². The zero-order valence-corrected chi connectivity index (χ0v) is 27.3. The molecule has 2 nitrogen and oxygen atoms in total. The third-order valence-corrected chi connectivity index (χ3v) is 10.0. The van der Waals surface area contributed by atoms with E-state index in [1.165, 1.54) is 60.0 Å². The number of furan rings is 1. The summed E-state index contributed by atoms with van der Waals surface area (Å²) in [5, 5.41) is 9.69. The summed E-state index contributed by atoms with van der Waals surface area (Å²) in [5.74, 6) is 0. The van der Waals surface area contributed by atoms with Crippen molar-refractivity contribution >= 4 is 71.3 Å². The molecule has 0 fully saturated rings. The van der Waals surface area contributed by atoms with Crippen LogP contribution in [0.1, 0.15) is 0 Å². The lowest BCUT2D eigenvalue weighted by Gasteiger charge is -2.28. The highest BCUT2D eigenvalue weighted by Crippen LogP contribution is 2.46. The molecule has 0 saturated heterocycles. The highest BCUT2D eigenvalue weighted by atomic mass is 16.3. The SMILES string of the molecule is c1ccc(-c2ccc(N(c3ccc4c5ccccc5c5c(ccc6oc7ccccc7c65)c4c3)c3ccccc3-c3ccccc3)cc2)cc1. The van der Waals surface area contributed by atoms with Crippen molar-refractivity contribution in [3.8, 4) is 22.3 Å². The first kappa shape index (κ1) is 28.4. The van der Waals surface area contributed by atoms with E-state index in [9.17, 15) is 0 Å². The van der Waals surface area contributed by atoms with Crippen molar-refractivity contribution in [3.05, 3.63) is 188 Å². The van der Waals surface area contributed by atoms with Crippen molar-refractivity contribution in [2.45, 2.75) is 0 Å². The number of fused-ring (bicyclic) bond motifs is 10. The molecule has 10 rings (SSSR count). The molecule has 1 aromatic heterocycles. The summed E-state index contributed by atoms with van der Waals surface area (Å²) >= 11 is 0. The number of hydrogen-bond acceptors (Lipinski definition) is 2. The highest BCUT2D eigenvalue weighted by Gasteiger charge is 2.20. The predicted octanol–water partition coefficient (Wildman–Crippen LogP) is 13.8. The maximum Gasteiger partial charge on any atom is 0.136 e. The molecule has 0 unspecified atom stereocenters. The molecule has 50 heavy (non-hydrogen) atoms. The Hall–Kier alpha value is -6.64. The van der Waals surface area contributed by atoms with E-state index in [0.29, 0.717) is 0 Å². The van der Waals surface area contributed by atoms with Gasteiger partial charge in [-0.25, -0.2) is 0 Å². The Morgan fingerprint density at radius 3 is 1.68 bits per heavy atom. The zero-order valence-electron chi connectivity index (χ0n) is 27.3. The number of hydrogen-bond donors (Lipinski definition) is 0.